The highest BCUT2D eigenvalue weighted by atomic mass is 79.9. The molecule has 3 heteroatoms. The summed E-state index contributed by atoms with van der Waals surface area (Å²) in [6, 6.07) is 6.12. The maximum absolute atomic E-state index is 5.97. The Bertz CT molecular complexity index is 388. The van der Waals surface area contributed by atoms with Gasteiger partial charge in [-0.15, -0.1) is 0 Å². The van der Waals surface area contributed by atoms with Gasteiger partial charge < -0.3 is 5.32 Å². The van der Waals surface area contributed by atoms with E-state index in [1.807, 2.05) is 6.07 Å². The number of hydrogen-bond donors (Lipinski definition) is 1. The summed E-state index contributed by atoms with van der Waals surface area (Å²) in [5.74, 6) is 0. The van der Waals surface area contributed by atoms with Gasteiger partial charge in [-0.2, -0.15) is 0 Å². The summed E-state index contributed by atoms with van der Waals surface area (Å²) in [5.41, 5.74) is 1.91. The topological polar surface area (TPSA) is 12.0 Å². The van der Waals surface area contributed by atoms with Crippen LogP contribution in [-0.2, 0) is 6.54 Å². The van der Waals surface area contributed by atoms with Crippen LogP contribution in [0.25, 0.3) is 0 Å². The molecular formula is C14H19BrClN. The van der Waals surface area contributed by atoms with Crippen molar-refractivity contribution in [1.29, 1.82) is 0 Å². The molecule has 1 fully saturated rings. The van der Waals surface area contributed by atoms with Crippen LogP contribution >= 0.6 is 27.5 Å². The van der Waals surface area contributed by atoms with E-state index in [2.05, 4.69) is 40.3 Å². The van der Waals surface area contributed by atoms with Crippen molar-refractivity contribution in [2.45, 2.75) is 39.2 Å². The van der Waals surface area contributed by atoms with E-state index in [0.717, 1.165) is 22.6 Å². The predicted molar refractivity (Wildman–Crippen MR) is 77.4 cm³/mol. The van der Waals surface area contributed by atoms with Crippen LogP contribution in [0.15, 0.2) is 22.7 Å². The van der Waals surface area contributed by atoms with Crippen molar-refractivity contribution in [3.8, 4) is 0 Å². The van der Waals surface area contributed by atoms with E-state index in [1.165, 1.54) is 31.2 Å². The average molecular weight is 317 g/mol. The van der Waals surface area contributed by atoms with E-state index < -0.39 is 0 Å². The van der Waals surface area contributed by atoms with Crippen LogP contribution in [0.5, 0.6) is 0 Å². The first-order chi connectivity index (χ1) is 8.15. The second kappa shape index (κ2) is 5.73. The molecule has 1 aliphatic rings. The smallest absolute Gasteiger partial charge is 0.0548 e. The second-order valence-electron chi connectivity index (χ2n) is 5.10. The molecule has 1 saturated carbocycles. The highest BCUT2D eigenvalue weighted by molar-refractivity contribution is 9.10. The summed E-state index contributed by atoms with van der Waals surface area (Å²) in [5, 5.41) is 4.35. The lowest BCUT2D eigenvalue weighted by molar-refractivity contribution is 0.421. The number of rotatable bonds is 6. The van der Waals surface area contributed by atoms with Gasteiger partial charge in [-0.05, 0) is 58.3 Å². The average Bonchev–Trinajstić information content (AvgIpc) is 3.04. The van der Waals surface area contributed by atoms with E-state index in [9.17, 15) is 0 Å². The van der Waals surface area contributed by atoms with E-state index >= 15 is 0 Å². The van der Waals surface area contributed by atoms with Crippen LogP contribution in [0, 0.1) is 5.41 Å². The Labute approximate surface area is 117 Å². The first-order valence-corrected chi connectivity index (χ1v) is 7.47. The van der Waals surface area contributed by atoms with Crippen LogP contribution in [0.3, 0.4) is 0 Å². The van der Waals surface area contributed by atoms with Crippen molar-refractivity contribution >= 4 is 27.5 Å². The van der Waals surface area contributed by atoms with E-state index in [-0.39, 0.29) is 0 Å². The van der Waals surface area contributed by atoms with E-state index in [4.69, 9.17) is 11.6 Å². The molecule has 0 radical (unpaired) electrons. The highest BCUT2D eigenvalue weighted by Crippen LogP contribution is 2.48. The normalized spacial score (nSPS) is 17.1. The van der Waals surface area contributed by atoms with Crippen LogP contribution in [-0.4, -0.2) is 6.54 Å². The Morgan fingerprint density at radius 1 is 1.41 bits per heavy atom. The van der Waals surface area contributed by atoms with Crippen molar-refractivity contribution in [2.24, 2.45) is 5.41 Å². The van der Waals surface area contributed by atoms with Crippen LogP contribution < -0.4 is 5.32 Å². The minimum Gasteiger partial charge on any atom is -0.312 e. The monoisotopic (exact) mass is 315 g/mol. The van der Waals surface area contributed by atoms with Gasteiger partial charge >= 0.3 is 0 Å². The predicted octanol–water partition coefficient (Wildman–Crippen LogP) is 4.77. The molecule has 0 aromatic heterocycles. The molecule has 0 amide bonds. The Balaban J connectivity index is 1.80. The van der Waals surface area contributed by atoms with Gasteiger partial charge in [-0.25, -0.2) is 0 Å². The SMILES string of the molecule is CCCC1(CNCc2ccc(Cl)c(Br)c2)CC1. The van der Waals surface area contributed by atoms with Crippen molar-refractivity contribution < 1.29 is 0 Å². The first kappa shape index (κ1) is 13.4. The molecule has 94 valence electrons. The lowest BCUT2D eigenvalue weighted by Gasteiger charge is -2.15. The summed E-state index contributed by atoms with van der Waals surface area (Å²) in [6.07, 6.45) is 5.47. The van der Waals surface area contributed by atoms with Gasteiger partial charge in [-0.1, -0.05) is 31.0 Å². The zero-order valence-corrected chi connectivity index (χ0v) is 12.6. The Hall–Kier alpha value is -0.0500. The maximum atomic E-state index is 5.97. The van der Waals surface area contributed by atoms with Gasteiger partial charge in [-0.3, -0.25) is 0 Å². The fourth-order valence-electron chi connectivity index (χ4n) is 2.34. The molecule has 17 heavy (non-hydrogen) atoms. The third-order valence-corrected chi connectivity index (χ3v) is 4.76. The largest absolute Gasteiger partial charge is 0.312 e. The Morgan fingerprint density at radius 2 is 2.18 bits per heavy atom. The van der Waals surface area contributed by atoms with Crippen molar-refractivity contribution in [2.75, 3.05) is 6.54 Å². The first-order valence-electron chi connectivity index (χ1n) is 6.30. The molecule has 1 N–H and O–H groups in total. The number of nitrogens with one attached hydrogen (secondary N) is 1. The number of hydrogen-bond acceptors (Lipinski definition) is 1. The van der Waals surface area contributed by atoms with Gasteiger partial charge in [0.25, 0.3) is 0 Å². The molecule has 2 rings (SSSR count). The fourth-order valence-corrected chi connectivity index (χ4v) is 2.89. The van der Waals surface area contributed by atoms with Crippen molar-refractivity contribution in [3.63, 3.8) is 0 Å². The molecule has 0 spiro atoms. The zero-order chi connectivity index (χ0) is 12.3. The van der Waals surface area contributed by atoms with Crippen LogP contribution in [0.1, 0.15) is 38.2 Å². The summed E-state index contributed by atoms with van der Waals surface area (Å²) in [4.78, 5) is 0. The lowest BCUT2D eigenvalue weighted by Crippen LogP contribution is -2.23. The van der Waals surface area contributed by atoms with Gasteiger partial charge in [0.15, 0.2) is 0 Å². The molecule has 0 aliphatic heterocycles. The molecule has 0 bridgehead atoms. The van der Waals surface area contributed by atoms with Gasteiger partial charge in [0.1, 0.15) is 0 Å². The molecule has 0 saturated heterocycles. The number of halogens is 2. The molecule has 0 atom stereocenters. The second-order valence-corrected chi connectivity index (χ2v) is 6.36. The Morgan fingerprint density at radius 3 is 2.76 bits per heavy atom. The lowest BCUT2D eigenvalue weighted by atomic mass is 10.0. The molecule has 1 aromatic rings. The van der Waals surface area contributed by atoms with Crippen molar-refractivity contribution in [3.05, 3.63) is 33.3 Å². The Kier molecular flexibility index (Phi) is 4.51. The third-order valence-electron chi connectivity index (χ3n) is 3.55. The quantitative estimate of drug-likeness (QED) is 0.797. The summed E-state index contributed by atoms with van der Waals surface area (Å²) < 4.78 is 0.980. The summed E-state index contributed by atoms with van der Waals surface area (Å²) in [7, 11) is 0. The van der Waals surface area contributed by atoms with E-state index in [1.54, 1.807) is 0 Å². The number of benzene rings is 1. The minimum absolute atomic E-state index is 0.623. The minimum atomic E-state index is 0.623. The van der Waals surface area contributed by atoms with Crippen LogP contribution in [0.2, 0.25) is 5.02 Å². The van der Waals surface area contributed by atoms with Gasteiger partial charge in [0.2, 0.25) is 0 Å². The maximum Gasteiger partial charge on any atom is 0.0548 e. The fraction of sp³-hybridized carbons (Fsp3) is 0.571. The van der Waals surface area contributed by atoms with Gasteiger partial charge in [0, 0.05) is 17.6 Å². The van der Waals surface area contributed by atoms with Gasteiger partial charge in [0.05, 0.1) is 5.02 Å². The molecule has 0 unspecified atom stereocenters. The molecule has 1 aliphatic carbocycles. The zero-order valence-electron chi connectivity index (χ0n) is 10.2. The summed E-state index contributed by atoms with van der Waals surface area (Å²) in [6.45, 7) is 4.36. The van der Waals surface area contributed by atoms with E-state index in [0.29, 0.717) is 5.41 Å². The van der Waals surface area contributed by atoms with Crippen molar-refractivity contribution in [1.82, 2.24) is 5.32 Å². The third kappa shape index (κ3) is 3.70. The standard InChI is InChI=1S/C14H19BrClN/c1-2-5-14(6-7-14)10-17-9-11-3-4-13(16)12(15)8-11/h3-4,8,17H,2,5-7,9-10H2,1H3. The molecular weight excluding hydrogens is 298 g/mol. The molecule has 0 heterocycles. The molecule has 1 nitrogen and oxygen atoms in total. The summed E-state index contributed by atoms with van der Waals surface area (Å²) >= 11 is 9.43. The highest BCUT2D eigenvalue weighted by Gasteiger charge is 2.40. The molecule has 1 aromatic carbocycles. The van der Waals surface area contributed by atoms with Crippen LogP contribution in [0.4, 0.5) is 0 Å².